The van der Waals surface area contributed by atoms with E-state index in [0.717, 1.165) is 12.1 Å². The van der Waals surface area contributed by atoms with Crippen LogP contribution in [0.4, 0.5) is 13.2 Å². The fourth-order valence-corrected chi connectivity index (χ4v) is 2.14. The van der Waals surface area contributed by atoms with E-state index in [9.17, 15) is 18.0 Å². The number of Topliss-reactive ketones (excluding diaryl/α,β-unsaturated/α-hetero) is 1. The van der Waals surface area contributed by atoms with E-state index < -0.39 is 17.5 Å². The molecule has 0 saturated carbocycles. The van der Waals surface area contributed by atoms with Crippen LogP contribution in [-0.4, -0.2) is 5.78 Å². The van der Waals surface area contributed by atoms with Gasteiger partial charge >= 0.3 is 6.18 Å². The first-order chi connectivity index (χ1) is 6.73. The zero-order valence-electron chi connectivity index (χ0n) is 7.45. The first-order valence-corrected chi connectivity index (χ1v) is 5.68. The number of ketones is 1. The Morgan fingerprint density at radius 2 is 1.93 bits per heavy atom. The third-order valence-electron chi connectivity index (χ3n) is 1.73. The lowest BCUT2D eigenvalue weighted by Gasteiger charge is -2.10. The maximum absolute atomic E-state index is 12.4. The van der Waals surface area contributed by atoms with Crippen LogP contribution in [0.3, 0.4) is 0 Å². The topological polar surface area (TPSA) is 17.1 Å². The fraction of sp³-hybridized carbons (Fsp3) is 0.222. The predicted molar refractivity (Wildman–Crippen MR) is 61.9 cm³/mol. The lowest BCUT2D eigenvalue weighted by Crippen LogP contribution is -2.08. The van der Waals surface area contributed by atoms with Crippen LogP contribution < -0.4 is 0 Å². The van der Waals surface area contributed by atoms with Crippen LogP contribution >= 0.6 is 38.5 Å². The molecule has 0 aromatic heterocycles. The Bertz CT molecular complexity index is 415. The smallest absolute Gasteiger partial charge is 0.294 e. The third kappa shape index (κ3) is 2.93. The van der Waals surface area contributed by atoms with Gasteiger partial charge in [0.1, 0.15) is 0 Å². The second-order valence-corrected chi connectivity index (χ2v) is 4.83. The molecule has 0 radical (unpaired) electrons. The molecule has 0 saturated heterocycles. The fourth-order valence-electron chi connectivity index (χ4n) is 1.01. The largest absolute Gasteiger partial charge is 0.416 e. The number of hydrogen-bond donors (Lipinski definition) is 0. The zero-order valence-corrected chi connectivity index (χ0v) is 11.2. The van der Waals surface area contributed by atoms with E-state index in [0.29, 0.717) is 8.04 Å². The van der Waals surface area contributed by atoms with Crippen LogP contribution in [0.1, 0.15) is 22.8 Å². The van der Waals surface area contributed by atoms with Crippen molar-refractivity contribution in [2.45, 2.75) is 13.1 Å². The van der Waals surface area contributed by atoms with Crippen LogP contribution in [-0.2, 0) is 6.18 Å². The van der Waals surface area contributed by atoms with Crippen LogP contribution in [0, 0.1) is 3.57 Å². The van der Waals surface area contributed by atoms with E-state index >= 15 is 0 Å². The SMILES string of the molecule is CC(=O)c1cc(C(F)(F)F)cc(I)c1Br. The van der Waals surface area contributed by atoms with E-state index in [1.807, 2.05) is 0 Å². The van der Waals surface area contributed by atoms with Crippen LogP contribution in [0.5, 0.6) is 0 Å². The number of carbonyl (C=O) groups excluding carboxylic acids is 1. The highest BCUT2D eigenvalue weighted by Gasteiger charge is 2.32. The number of hydrogen-bond acceptors (Lipinski definition) is 1. The first-order valence-electron chi connectivity index (χ1n) is 3.80. The normalized spacial score (nSPS) is 11.6. The number of carbonyl (C=O) groups is 1. The Labute approximate surface area is 106 Å². The highest BCUT2D eigenvalue weighted by molar-refractivity contribution is 14.1. The van der Waals surface area contributed by atoms with Crippen LogP contribution in [0.2, 0.25) is 0 Å². The minimum absolute atomic E-state index is 0.0502. The van der Waals surface area contributed by atoms with Gasteiger partial charge < -0.3 is 0 Å². The number of alkyl halides is 3. The maximum atomic E-state index is 12.4. The molecule has 0 unspecified atom stereocenters. The summed E-state index contributed by atoms with van der Waals surface area (Å²) in [5.41, 5.74) is -0.755. The predicted octanol–water partition coefficient (Wildman–Crippen LogP) is 4.28. The van der Waals surface area contributed by atoms with Crippen molar-refractivity contribution >= 4 is 44.3 Å². The van der Waals surface area contributed by atoms with E-state index in [4.69, 9.17) is 0 Å². The molecule has 1 rings (SSSR count). The lowest BCUT2D eigenvalue weighted by atomic mass is 10.1. The van der Waals surface area contributed by atoms with E-state index in [-0.39, 0.29) is 5.56 Å². The molecule has 0 amide bonds. The molecule has 6 heteroatoms. The van der Waals surface area contributed by atoms with Crippen molar-refractivity contribution in [3.63, 3.8) is 0 Å². The van der Waals surface area contributed by atoms with Crippen LogP contribution in [0.25, 0.3) is 0 Å². The Morgan fingerprint density at radius 3 is 2.33 bits per heavy atom. The van der Waals surface area contributed by atoms with Crippen molar-refractivity contribution in [1.82, 2.24) is 0 Å². The minimum Gasteiger partial charge on any atom is -0.294 e. The summed E-state index contributed by atoms with van der Waals surface area (Å²) < 4.78 is 38.0. The Kier molecular flexibility index (Phi) is 3.80. The molecular formula is C9H5BrF3IO. The van der Waals surface area contributed by atoms with Gasteiger partial charge in [-0.1, -0.05) is 0 Å². The molecule has 1 aromatic carbocycles. The second kappa shape index (κ2) is 4.40. The summed E-state index contributed by atoms with van der Waals surface area (Å²) in [5.74, 6) is -0.397. The highest BCUT2D eigenvalue weighted by atomic mass is 127. The molecule has 0 fully saturated rings. The quantitative estimate of drug-likeness (QED) is 0.515. The van der Waals surface area contributed by atoms with Gasteiger partial charge in [-0.05, 0) is 57.6 Å². The molecule has 1 aromatic rings. The van der Waals surface area contributed by atoms with Crippen molar-refractivity contribution in [1.29, 1.82) is 0 Å². The zero-order chi connectivity index (χ0) is 11.8. The van der Waals surface area contributed by atoms with E-state index in [2.05, 4.69) is 15.9 Å². The van der Waals surface area contributed by atoms with Crippen LogP contribution in [0.15, 0.2) is 16.6 Å². The lowest BCUT2D eigenvalue weighted by molar-refractivity contribution is -0.137. The van der Waals surface area contributed by atoms with Crippen molar-refractivity contribution < 1.29 is 18.0 Å². The molecule has 0 aliphatic rings. The monoisotopic (exact) mass is 392 g/mol. The average Bonchev–Trinajstić information content (AvgIpc) is 2.06. The maximum Gasteiger partial charge on any atom is 0.416 e. The van der Waals surface area contributed by atoms with Gasteiger partial charge in [-0.25, -0.2) is 0 Å². The first kappa shape index (κ1) is 13.0. The van der Waals surface area contributed by atoms with Crippen molar-refractivity contribution in [3.8, 4) is 0 Å². The van der Waals surface area contributed by atoms with E-state index in [1.54, 1.807) is 22.6 Å². The van der Waals surface area contributed by atoms with Gasteiger partial charge in [0.25, 0.3) is 0 Å². The molecule has 0 N–H and O–H groups in total. The van der Waals surface area contributed by atoms with Gasteiger partial charge in [0.05, 0.1) is 5.56 Å². The van der Waals surface area contributed by atoms with Gasteiger partial charge in [0.15, 0.2) is 5.78 Å². The van der Waals surface area contributed by atoms with Gasteiger partial charge in [0.2, 0.25) is 0 Å². The third-order valence-corrected chi connectivity index (χ3v) is 4.18. The number of rotatable bonds is 1. The molecule has 0 aliphatic carbocycles. The van der Waals surface area contributed by atoms with Gasteiger partial charge in [0, 0.05) is 13.6 Å². The van der Waals surface area contributed by atoms with Crippen molar-refractivity contribution in [2.24, 2.45) is 0 Å². The molecule has 1 nitrogen and oxygen atoms in total. The molecule has 0 aliphatic heterocycles. The number of benzene rings is 1. The highest BCUT2D eigenvalue weighted by Crippen LogP contribution is 2.34. The standard InChI is InChI=1S/C9H5BrF3IO/c1-4(15)6-2-5(9(11,12)13)3-7(14)8(6)10/h2-3H,1H3. The molecule has 0 spiro atoms. The summed E-state index contributed by atoms with van der Waals surface area (Å²) in [6.07, 6.45) is -4.43. The summed E-state index contributed by atoms with van der Waals surface area (Å²) in [6, 6.07) is 1.85. The van der Waals surface area contributed by atoms with Crippen molar-refractivity contribution in [2.75, 3.05) is 0 Å². The summed E-state index contributed by atoms with van der Waals surface area (Å²) >= 11 is 4.84. The van der Waals surface area contributed by atoms with Gasteiger partial charge in [-0.2, -0.15) is 13.2 Å². The molecule has 0 bridgehead atoms. The van der Waals surface area contributed by atoms with E-state index in [1.165, 1.54) is 6.92 Å². The summed E-state index contributed by atoms with van der Waals surface area (Å²) in [5, 5.41) is 0. The Balaban J connectivity index is 3.43. The molecule has 82 valence electrons. The second-order valence-electron chi connectivity index (χ2n) is 2.87. The molecule has 0 atom stereocenters. The molecule has 0 heterocycles. The molecule has 15 heavy (non-hydrogen) atoms. The van der Waals surface area contributed by atoms with Crippen molar-refractivity contribution in [3.05, 3.63) is 31.3 Å². The van der Waals surface area contributed by atoms with Gasteiger partial charge in [-0.15, -0.1) is 0 Å². The minimum atomic E-state index is -4.43. The summed E-state index contributed by atoms with van der Waals surface area (Å²) in [7, 11) is 0. The number of halogens is 5. The van der Waals surface area contributed by atoms with Gasteiger partial charge in [-0.3, -0.25) is 4.79 Å². The molecular weight excluding hydrogens is 388 g/mol. The average molecular weight is 393 g/mol. The Morgan fingerprint density at radius 1 is 1.40 bits per heavy atom. The summed E-state index contributed by atoms with van der Waals surface area (Å²) in [6.45, 7) is 1.23. The Hall–Kier alpha value is -0.110. The summed E-state index contributed by atoms with van der Waals surface area (Å²) in [4.78, 5) is 11.1.